The number of para-hydroxylation sites is 1. The molecule has 0 saturated carbocycles. The Balaban J connectivity index is 2.03. The quantitative estimate of drug-likeness (QED) is 0.427. The Morgan fingerprint density at radius 3 is 2.28 bits per heavy atom. The van der Waals surface area contributed by atoms with Gasteiger partial charge in [-0.15, -0.1) is 6.42 Å². The van der Waals surface area contributed by atoms with Crippen molar-refractivity contribution >= 4 is 21.8 Å². The average Bonchev–Trinajstić information content (AvgIpc) is 2.77. The molecule has 29 heavy (non-hydrogen) atoms. The average molecular weight is 385 g/mol. The van der Waals surface area contributed by atoms with E-state index in [1.54, 1.807) is 24.3 Å². The number of phenols is 1. The van der Waals surface area contributed by atoms with Crippen LogP contribution in [0.1, 0.15) is 11.1 Å². The molecule has 144 valence electrons. The van der Waals surface area contributed by atoms with E-state index in [4.69, 9.17) is 15.9 Å². The number of fused-ring (bicyclic) bond motifs is 2. The number of pyridine rings is 1. The van der Waals surface area contributed by atoms with Gasteiger partial charge in [0.15, 0.2) is 16.9 Å². The number of rotatable bonds is 4. The lowest BCUT2D eigenvalue weighted by atomic mass is 10.1. The number of phenolic OH excluding ortho intramolecular Hbond substituents is 1. The van der Waals surface area contributed by atoms with Crippen molar-refractivity contribution in [2.75, 3.05) is 14.2 Å². The number of nitrogens with zero attached hydrogens (tertiary/aromatic N) is 1. The molecule has 0 aliphatic heterocycles. The largest absolute Gasteiger partial charge is 0.502 e. The Bertz CT molecular complexity index is 1320. The third kappa shape index (κ3) is 3.05. The Labute approximate surface area is 167 Å². The Morgan fingerprint density at radius 2 is 1.62 bits per heavy atom. The topological polar surface area (TPSA) is 60.7 Å². The zero-order chi connectivity index (χ0) is 20.5. The number of benzene rings is 3. The van der Waals surface area contributed by atoms with Gasteiger partial charge in [-0.1, -0.05) is 18.1 Å². The molecule has 0 spiro atoms. The summed E-state index contributed by atoms with van der Waals surface area (Å²) in [5.74, 6) is 3.22. The molecule has 3 aromatic carbocycles. The van der Waals surface area contributed by atoms with Crippen molar-refractivity contribution in [1.82, 2.24) is 4.57 Å². The molecule has 0 aliphatic carbocycles. The zero-order valence-corrected chi connectivity index (χ0v) is 16.1. The van der Waals surface area contributed by atoms with Crippen LogP contribution in [-0.2, 0) is 6.54 Å². The molecule has 5 heteroatoms. The number of terminal acetylenes is 1. The van der Waals surface area contributed by atoms with E-state index in [9.17, 15) is 9.90 Å². The third-order valence-electron chi connectivity index (χ3n) is 5.02. The minimum Gasteiger partial charge on any atom is -0.502 e. The van der Waals surface area contributed by atoms with Gasteiger partial charge in [-0.25, -0.2) is 0 Å². The Hall–Kier alpha value is -3.91. The molecule has 5 nitrogen and oxygen atoms in total. The predicted octanol–water partition coefficient (Wildman–Crippen LogP) is 3.91. The van der Waals surface area contributed by atoms with E-state index in [1.807, 2.05) is 34.9 Å². The summed E-state index contributed by atoms with van der Waals surface area (Å²) < 4.78 is 12.6. The second kappa shape index (κ2) is 7.25. The minimum atomic E-state index is -0.0528. The Morgan fingerprint density at radius 1 is 0.966 bits per heavy atom. The van der Waals surface area contributed by atoms with Crippen molar-refractivity contribution in [2.45, 2.75) is 6.54 Å². The number of aromatic hydroxyl groups is 1. The summed E-state index contributed by atoms with van der Waals surface area (Å²) in [4.78, 5) is 13.0. The lowest BCUT2D eigenvalue weighted by Crippen LogP contribution is -2.12. The molecule has 0 aliphatic rings. The van der Waals surface area contributed by atoms with Crippen molar-refractivity contribution in [2.24, 2.45) is 0 Å². The maximum Gasteiger partial charge on any atom is 0.200 e. The predicted molar refractivity (Wildman–Crippen MR) is 114 cm³/mol. The fourth-order valence-corrected chi connectivity index (χ4v) is 3.60. The maximum atomic E-state index is 13.0. The van der Waals surface area contributed by atoms with Gasteiger partial charge in [-0.05, 0) is 48.0 Å². The van der Waals surface area contributed by atoms with Gasteiger partial charge in [0.2, 0.25) is 5.75 Å². The third-order valence-corrected chi connectivity index (χ3v) is 5.02. The van der Waals surface area contributed by atoms with Gasteiger partial charge in [0.1, 0.15) is 0 Å². The highest BCUT2D eigenvalue weighted by Crippen LogP contribution is 2.37. The van der Waals surface area contributed by atoms with E-state index in [1.165, 1.54) is 14.2 Å². The number of aromatic nitrogens is 1. The molecule has 1 aromatic heterocycles. The van der Waals surface area contributed by atoms with Crippen molar-refractivity contribution < 1.29 is 14.6 Å². The van der Waals surface area contributed by atoms with E-state index in [0.717, 1.165) is 16.6 Å². The van der Waals surface area contributed by atoms with Crippen LogP contribution in [0, 0.1) is 12.3 Å². The van der Waals surface area contributed by atoms with Crippen LogP contribution in [0.4, 0.5) is 0 Å². The smallest absolute Gasteiger partial charge is 0.200 e. The highest BCUT2D eigenvalue weighted by molar-refractivity contribution is 5.94. The molecule has 1 N–H and O–H groups in total. The summed E-state index contributed by atoms with van der Waals surface area (Å²) in [7, 11) is 2.98. The van der Waals surface area contributed by atoms with Gasteiger partial charge in [0.25, 0.3) is 0 Å². The monoisotopic (exact) mass is 385 g/mol. The van der Waals surface area contributed by atoms with Gasteiger partial charge in [-0.2, -0.15) is 0 Å². The van der Waals surface area contributed by atoms with Crippen LogP contribution in [0.5, 0.6) is 17.2 Å². The molecular weight excluding hydrogens is 366 g/mol. The fourth-order valence-electron chi connectivity index (χ4n) is 3.60. The summed E-state index contributed by atoms with van der Waals surface area (Å²) in [5.41, 5.74) is 3.05. The van der Waals surface area contributed by atoms with Crippen LogP contribution in [0.3, 0.4) is 0 Å². The highest BCUT2D eigenvalue weighted by Gasteiger charge is 2.15. The summed E-state index contributed by atoms with van der Waals surface area (Å²) in [6.07, 6.45) is 5.59. The number of hydrogen-bond acceptors (Lipinski definition) is 4. The van der Waals surface area contributed by atoms with E-state index in [-0.39, 0.29) is 11.2 Å². The van der Waals surface area contributed by atoms with Gasteiger partial charge in [0.05, 0.1) is 25.3 Å². The second-order valence-corrected chi connectivity index (χ2v) is 6.66. The van der Waals surface area contributed by atoms with E-state index in [0.29, 0.717) is 34.4 Å². The molecule has 0 unspecified atom stereocenters. The van der Waals surface area contributed by atoms with Gasteiger partial charge >= 0.3 is 0 Å². The molecule has 1 heterocycles. The molecule has 4 aromatic rings. The molecule has 0 saturated heterocycles. The fraction of sp³-hybridized carbons (Fsp3) is 0.125. The molecule has 0 radical (unpaired) electrons. The molecule has 4 rings (SSSR count). The van der Waals surface area contributed by atoms with Gasteiger partial charge in [-0.3, -0.25) is 4.79 Å². The number of methoxy groups -OCH3 is 2. The summed E-state index contributed by atoms with van der Waals surface area (Å²) in [6, 6.07) is 16.4. The lowest BCUT2D eigenvalue weighted by molar-refractivity contribution is 0.339. The first-order chi connectivity index (χ1) is 14.1. The molecular formula is C24H19NO4. The first-order valence-electron chi connectivity index (χ1n) is 9.03. The van der Waals surface area contributed by atoms with Crippen molar-refractivity contribution in [3.63, 3.8) is 0 Å². The van der Waals surface area contributed by atoms with Crippen molar-refractivity contribution in [3.05, 3.63) is 75.9 Å². The SMILES string of the molecule is C#Cc1ccc2c(=O)c3ccccc3n(Cc3cc(OC)c(O)c(OC)c3)c2c1. The zero-order valence-electron chi connectivity index (χ0n) is 16.1. The van der Waals surface area contributed by atoms with Crippen LogP contribution < -0.4 is 14.9 Å². The molecule has 0 atom stereocenters. The van der Waals surface area contributed by atoms with Gasteiger partial charge in [0, 0.05) is 22.9 Å². The Kier molecular flexibility index (Phi) is 4.61. The van der Waals surface area contributed by atoms with Gasteiger partial charge < -0.3 is 19.1 Å². The first kappa shape index (κ1) is 18.5. The second-order valence-electron chi connectivity index (χ2n) is 6.66. The first-order valence-corrected chi connectivity index (χ1v) is 9.03. The molecule has 0 amide bonds. The van der Waals surface area contributed by atoms with E-state index >= 15 is 0 Å². The van der Waals surface area contributed by atoms with Crippen molar-refractivity contribution in [1.29, 1.82) is 0 Å². The summed E-state index contributed by atoms with van der Waals surface area (Å²) >= 11 is 0. The highest BCUT2D eigenvalue weighted by atomic mass is 16.5. The molecule has 0 fully saturated rings. The van der Waals surface area contributed by atoms with Crippen LogP contribution in [-0.4, -0.2) is 23.9 Å². The maximum absolute atomic E-state index is 13.0. The summed E-state index contributed by atoms with van der Waals surface area (Å²) in [5, 5.41) is 11.4. The standard InChI is InChI=1S/C24H19NO4/c1-4-15-9-10-18-20(11-15)25(19-8-6-5-7-17(19)23(18)26)14-16-12-21(28-2)24(27)22(13-16)29-3/h1,5-13,27H,14H2,2-3H3. The van der Waals surface area contributed by atoms with Crippen molar-refractivity contribution in [3.8, 4) is 29.6 Å². The molecule has 0 bridgehead atoms. The normalized spacial score (nSPS) is 10.8. The van der Waals surface area contributed by atoms with E-state index in [2.05, 4.69) is 5.92 Å². The summed E-state index contributed by atoms with van der Waals surface area (Å²) in [6.45, 7) is 0.429. The van der Waals surface area contributed by atoms with Crippen LogP contribution in [0.25, 0.3) is 21.8 Å². The minimum absolute atomic E-state index is 0.0312. The van der Waals surface area contributed by atoms with Crippen LogP contribution in [0.15, 0.2) is 59.4 Å². The number of ether oxygens (including phenoxy) is 2. The van der Waals surface area contributed by atoms with Crippen LogP contribution in [0.2, 0.25) is 0 Å². The number of hydrogen-bond donors (Lipinski definition) is 1. The lowest BCUT2D eigenvalue weighted by Gasteiger charge is -2.17. The van der Waals surface area contributed by atoms with E-state index < -0.39 is 0 Å². The van der Waals surface area contributed by atoms with Crippen LogP contribution >= 0.6 is 0 Å².